The van der Waals surface area contributed by atoms with Crippen LogP contribution in [0.1, 0.15) is 22.3 Å². The van der Waals surface area contributed by atoms with Crippen molar-refractivity contribution < 1.29 is 4.39 Å². The van der Waals surface area contributed by atoms with E-state index in [0.29, 0.717) is 12.1 Å². The van der Waals surface area contributed by atoms with Gasteiger partial charge < -0.3 is 4.57 Å². The highest BCUT2D eigenvalue weighted by molar-refractivity contribution is 7.15. The third kappa shape index (κ3) is 3.84. The van der Waals surface area contributed by atoms with E-state index in [0.717, 1.165) is 21.1 Å². The number of halogens is 1. The molecule has 0 radical (unpaired) electrons. The largest absolute Gasteiger partial charge is 0.336 e. The van der Waals surface area contributed by atoms with Crippen LogP contribution >= 0.6 is 11.3 Å². The molecule has 5 heteroatoms. The Hall–Kier alpha value is -2.76. The Morgan fingerprint density at radius 2 is 1.81 bits per heavy atom. The molecule has 2 aromatic heterocycles. The number of aryl methyl sites for hydroxylation is 1. The van der Waals surface area contributed by atoms with E-state index in [1.54, 1.807) is 17.4 Å². The maximum atomic E-state index is 14.0. The van der Waals surface area contributed by atoms with E-state index in [9.17, 15) is 4.39 Å². The standard InChI is InChI=1S/C22H20FN3S/c1-26-14-13-24-22(26)21(16-7-3-2-4-8-16)25-15-17-11-12-20(27-17)18-9-5-6-10-19(18)23/h2-14,21,25H,15H2,1H3/t21-/m1/s1. The Balaban J connectivity index is 1.55. The lowest BCUT2D eigenvalue weighted by Gasteiger charge is -2.18. The summed E-state index contributed by atoms with van der Waals surface area (Å²) in [6.07, 6.45) is 3.77. The molecular weight excluding hydrogens is 357 g/mol. The number of nitrogens with zero attached hydrogens (tertiary/aromatic N) is 2. The van der Waals surface area contributed by atoms with E-state index in [4.69, 9.17) is 0 Å². The van der Waals surface area contributed by atoms with Crippen molar-refractivity contribution in [2.24, 2.45) is 7.05 Å². The van der Waals surface area contributed by atoms with Crippen molar-refractivity contribution in [1.82, 2.24) is 14.9 Å². The third-order valence-electron chi connectivity index (χ3n) is 4.53. The fourth-order valence-corrected chi connectivity index (χ4v) is 4.13. The number of benzene rings is 2. The summed E-state index contributed by atoms with van der Waals surface area (Å²) >= 11 is 1.61. The van der Waals surface area contributed by atoms with Crippen LogP contribution in [-0.2, 0) is 13.6 Å². The summed E-state index contributed by atoms with van der Waals surface area (Å²) in [5.74, 6) is 0.779. The van der Waals surface area contributed by atoms with Crippen molar-refractivity contribution in [3.63, 3.8) is 0 Å². The molecule has 2 aromatic carbocycles. The highest BCUT2D eigenvalue weighted by atomic mass is 32.1. The first-order valence-electron chi connectivity index (χ1n) is 8.81. The summed E-state index contributed by atoms with van der Waals surface area (Å²) in [6, 6.07) is 21.2. The topological polar surface area (TPSA) is 29.9 Å². The number of hydrogen-bond acceptors (Lipinski definition) is 3. The van der Waals surface area contributed by atoms with Crippen molar-refractivity contribution in [2.45, 2.75) is 12.6 Å². The molecule has 136 valence electrons. The van der Waals surface area contributed by atoms with E-state index >= 15 is 0 Å². The molecule has 0 aliphatic rings. The zero-order chi connectivity index (χ0) is 18.6. The van der Waals surface area contributed by atoms with Crippen molar-refractivity contribution in [2.75, 3.05) is 0 Å². The predicted octanol–water partition coefficient (Wildman–Crippen LogP) is 5.17. The number of aromatic nitrogens is 2. The van der Waals surface area contributed by atoms with Crippen LogP contribution < -0.4 is 5.32 Å². The monoisotopic (exact) mass is 377 g/mol. The molecule has 0 amide bonds. The van der Waals surface area contributed by atoms with E-state index in [1.165, 1.54) is 6.07 Å². The van der Waals surface area contributed by atoms with Gasteiger partial charge in [-0.1, -0.05) is 48.5 Å². The Labute approximate surface area is 162 Å². The summed E-state index contributed by atoms with van der Waals surface area (Å²) in [7, 11) is 2.00. The molecule has 4 rings (SSSR count). The van der Waals surface area contributed by atoms with Gasteiger partial charge in [-0.15, -0.1) is 11.3 Å². The van der Waals surface area contributed by atoms with Crippen molar-refractivity contribution in [3.8, 4) is 10.4 Å². The molecule has 0 spiro atoms. The summed E-state index contributed by atoms with van der Waals surface area (Å²) in [4.78, 5) is 6.62. The fraction of sp³-hybridized carbons (Fsp3) is 0.136. The molecule has 0 saturated heterocycles. The minimum absolute atomic E-state index is 0.00906. The normalized spacial score (nSPS) is 12.2. The van der Waals surface area contributed by atoms with Gasteiger partial charge in [-0.2, -0.15) is 0 Å². The lowest BCUT2D eigenvalue weighted by molar-refractivity contribution is 0.561. The second-order valence-corrected chi connectivity index (χ2v) is 7.54. The van der Waals surface area contributed by atoms with Gasteiger partial charge >= 0.3 is 0 Å². The van der Waals surface area contributed by atoms with E-state index in [-0.39, 0.29) is 11.9 Å². The van der Waals surface area contributed by atoms with Crippen LogP contribution in [0.2, 0.25) is 0 Å². The molecule has 4 aromatic rings. The number of nitrogens with one attached hydrogen (secondary N) is 1. The summed E-state index contributed by atoms with van der Waals surface area (Å²) < 4.78 is 16.1. The van der Waals surface area contributed by atoms with E-state index in [1.807, 2.05) is 60.4 Å². The lowest BCUT2D eigenvalue weighted by Crippen LogP contribution is -2.24. The van der Waals surface area contributed by atoms with Gasteiger partial charge in [0.2, 0.25) is 0 Å². The SMILES string of the molecule is Cn1ccnc1[C@H](NCc1ccc(-c2ccccc2F)s1)c1ccccc1. The van der Waals surface area contributed by atoms with Crippen LogP contribution in [0.4, 0.5) is 4.39 Å². The zero-order valence-electron chi connectivity index (χ0n) is 15.0. The Bertz CT molecular complexity index is 1020. The number of rotatable bonds is 6. The molecule has 3 nitrogen and oxygen atoms in total. The van der Waals surface area contributed by atoms with Gasteiger partial charge in [0.25, 0.3) is 0 Å². The quantitative estimate of drug-likeness (QED) is 0.503. The van der Waals surface area contributed by atoms with Gasteiger partial charge in [0.05, 0.1) is 6.04 Å². The number of hydrogen-bond donors (Lipinski definition) is 1. The average molecular weight is 377 g/mol. The average Bonchev–Trinajstić information content (AvgIpc) is 3.33. The highest BCUT2D eigenvalue weighted by Crippen LogP contribution is 2.30. The summed E-state index contributed by atoms with van der Waals surface area (Å²) in [5, 5.41) is 3.61. The second-order valence-electron chi connectivity index (χ2n) is 6.37. The first-order chi connectivity index (χ1) is 13.2. The van der Waals surface area contributed by atoms with E-state index in [2.05, 4.69) is 28.5 Å². The van der Waals surface area contributed by atoms with Gasteiger partial charge in [0.15, 0.2) is 0 Å². The summed E-state index contributed by atoms with van der Waals surface area (Å²) in [5.41, 5.74) is 1.81. The van der Waals surface area contributed by atoms with Gasteiger partial charge in [-0.3, -0.25) is 5.32 Å². The van der Waals surface area contributed by atoms with Crippen LogP contribution in [0.3, 0.4) is 0 Å². The summed E-state index contributed by atoms with van der Waals surface area (Å²) in [6.45, 7) is 0.686. The molecule has 1 N–H and O–H groups in total. The van der Waals surface area contributed by atoms with Crippen LogP contribution in [0.15, 0.2) is 79.1 Å². The van der Waals surface area contributed by atoms with Crippen LogP contribution in [0, 0.1) is 5.82 Å². The van der Waals surface area contributed by atoms with E-state index < -0.39 is 0 Å². The molecule has 0 aliphatic carbocycles. The van der Waals surface area contributed by atoms with Crippen LogP contribution in [0.25, 0.3) is 10.4 Å². The maximum Gasteiger partial charge on any atom is 0.131 e. The van der Waals surface area contributed by atoms with Gasteiger partial charge in [0.1, 0.15) is 11.6 Å². The minimum Gasteiger partial charge on any atom is -0.336 e. The van der Waals surface area contributed by atoms with Crippen LogP contribution in [0.5, 0.6) is 0 Å². The van der Waals surface area contributed by atoms with Crippen LogP contribution in [-0.4, -0.2) is 9.55 Å². The Morgan fingerprint density at radius 3 is 2.56 bits per heavy atom. The zero-order valence-corrected chi connectivity index (χ0v) is 15.8. The molecule has 27 heavy (non-hydrogen) atoms. The van der Waals surface area contributed by atoms with Crippen molar-refractivity contribution in [3.05, 3.63) is 101 Å². The molecule has 2 heterocycles. The molecule has 0 unspecified atom stereocenters. The minimum atomic E-state index is -0.186. The second kappa shape index (κ2) is 7.86. The molecular formula is C22H20FN3S. The molecule has 0 fully saturated rings. The molecule has 1 atom stereocenters. The Morgan fingerprint density at radius 1 is 1.04 bits per heavy atom. The predicted molar refractivity (Wildman–Crippen MR) is 108 cm³/mol. The third-order valence-corrected chi connectivity index (χ3v) is 5.65. The highest BCUT2D eigenvalue weighted by Gasteiger charge is 2.18. The molecule has 0 aliphatic heterocycles. The lowest BCUT2D eigenvalue weighted by atomic mass is 10.1. The fourth-order valence-electron chi connectivity index (χ4n) is 3.14. The number of imidazole rings is 1. The maximum absolute atomic E-state index is 14.0. The Kier molecular flexibility index (Phi) is 5.14. The van der Waals surface area contributed by atoms with Crippen molar-refractivity contribution >= 4 is 11.3 Å². The number of thiophene rings is 1. The van der Waals surface area contributed by atoms with Gasteiger partial charge in [-0.05, 0) is 23.8 Å². The molecule has 0 bridgehead atoms. The smallest absolute Gasteiger partial charge is 0.131 e. The van der Waals surface area contributed by atoms with Gasteiger partial charge in [0, 0.05) is 41.3 Å². The molecule has 0 saturated carbocycles. The first kappa shape index (κ1) is 17.6. The van der Waals surface area contributed by atoms with Crippen molar-refractivity contribution in [1.29, 1.82) is 0 Å². The van der Waals surface area contributed by atoms with Gasteiger partial charge in [-0.25, -0.2) is 9.37 Å². The first-order valence-corrected chi connectivity index (χ1v) is 9.63.